The first kappa shape index (κ1) is 10.8. The van der Waals surface area contributed by atoms with Crippen LogP contribution in [0.3, 0.4) is 0 Å². The molecular weight excluding hydrogens is 214 g/mol. The Kier molecular flexibility index (Phi) is 2.11. The molecule has 0 radical (unpaired) electrons. The van der Waals surface area contributed by atoms with Gasteiger partial charge >= 0.3 is 0 Å². The number of hydrogen-bond acceptors (Lipinski definition) is 3. The summed E-state index contributed by atoms with van der Waals surface area (Å²) in [5, 5.41) is 0. The molecule has 0 bridgehead atoms. The van der Waals surface area contributed by atoms with E-state index in [1.165, 1.54) is 5.56 Å². The smallest absolute Gasteiger partial charge is 0.220 e. The fourth-order valence-corrected chi connectivity index (χ4v) is 2.23. The van der Waals surface area contributed by atoms with Crippen LogP contribution in [-0.2, 0) is 9.47 Å². The molecule has 3 nitrogen and oxygen atoms in total. The summed E-state index contributed by atoms with van der Waals surface area (Å²) in [5.41, 5.74) is 0.701. The quantitative estimate of drug-likeness (QED) is 0.733. The Hall–Kier alpha value is -1.35. The molecule has 3 heteroatoms. The summed E-state index contributed by atoms with van der Waals surface area (Å²) in [4.78, 5) is 4.60. The van der Waals surface area contributed by atoms with Crippen LogP contribution in [0.5, 0.6) is 0 Å². The molecule has 2 atom stereocenters. The number of benzene rings is 1. The SMILES string of the molecule is CC1(C)COC([C@@]2(C)OC2c2ccccc2)=N1. The summed E-state index contributed by atoms with van der Waals surface area (Å²) in [6.45, 7) is 6.83. The lowest BCUT2D eigenvalue weighted by Crippen LogP contribution is -2.21. The summed E-state index contributed by atoms with van der Waals surface area (Å²) < 4.78 is 11.5. The van der Waals surface area contributed by atoms with Crippen molar-refractivity contribution in [1.29, 1.82) is 0 Å². The van der Waals surface area contributed by atoms with Gasteiger partial charge in [0.1, 0.15) is 12.7 Å². The first-order valence-corrected chi connectivity index (χ1v) is 5.97. The summed E-state index contributed by atoms with van der Waals surface area (Å²) in [7, 11) is 0. The normalized spacial score (nSPS) is 34.1. The van der Waals surface area contributed by atoms with Gasteiger partial charge in [-0.2, -0.15) is 0 Å². The maximum atomic E-state index is 5.81. The minimum Gasteiger partial charge on any atom is -0.476 e. The molecule has 0 spiro atoms. The van der Waals surface area contributed by atoms with Crippen LogP contribution in [0.2, 0.25) is 0 Å². The highest BCUT2D eigenvalue weighted by Crippen LogP contribution is 2.51. The Morgan fingerprint density at radius 3 is 2.47 bits per heavy atom. The van der Waals surface area contributed by atoms with Crippen LogP contribution in [-0.4, -0.2) is 23.6 Å². The van der Waals surface area contributed by atoms with Crippen molar-refractivity contribution in [3.05, 3.63) is 35.9 Å². The van der Waals surface area contributed by atoms with Crippen molar-refractivity contribution in [2.45, 2.75) is 38.0 Å². The Labute approximate surface area is 101 Å². The van der Waals surface area contributed by atoms with Crippen LogP contribution >= 0.6 is 0 Å². The Balaban J connectivity index is 1.83. The zero-order valence-corrected chi connectivity index (χ0v) is 10.4. The minimum atomic E-state index is -0.366. The Morgan fingerprint density at radius 2 is 1.88 bits per heavy atom. The molecule has 2 aliphatic heterocycles. The van der Waals surface area contributed by atoms with Crippen molar-refractivity contribution >= 4 is 5.90 Å². The third-order valence-corrected chi connectivity index (χ3v) is 3.30. The second-order valence-electron chi connectivity index (χ2n) is 5.53. The molecule has 1 fully saturated rings. The lowest BCUT2D eigenvalue weighted by Gasteiger charge is -2.07. The molecule has 2 heterocycles. The molecule has 0 aromatic heterocycles. The molecule has 1 aromatic carbocycles. The van der Waals surface area contributed by atoms with Crippen LogP contribution in [0, 0.1) is 0 Å². The van der Waals surface area contributed by atoms with Crippen molar-refractivity contribution in [2.24, 2.45) is 4.99 Å². The Morgan fingerprint density at radius 1 is 1.18 bits per heavy atom. The van der Waals surface area contributed by atoms with E-state index in [0.29, 0.717) is 6.61 Å². The minimum absolute atomic E-state index is 0.0800. The third kappa shape index (κ3) is 1.75. The van der Waals surface area contributed by atoms with Crippen LogP contribution in [0.4, 0.5) is 0 Å². The van der Waals surface area contributed by atoms with Crippen LogP contribution in [0.1, 0.15) is 32.4 Å². The third-order valence-electron chi connectivity index (χ3n) is 3.30. The van der Waals surface area contributed by atoms with Crippen molar-refractivity contribution in [1.82, 2.24) is 0 Å². The molecule has 90 valence electrons. The highest BCUT2D eigenvalue weighted by Gasteiger charge is 2.60. The molecule has 1 aromatic rings. The maximum absolute atomic E-state index is 5.81. The summed E-state index contributed by atoms with van der Waals surface area (Å²) in [6, 6.07) is 10.2. The Bertz CT molecular complexity index is 466. The van der Waals surface area contributed by atoms with Crippen molar-refractivity contribution < 1.29 is 9.47 Å². The standard InChI is InChI=1S/C14H17NO2/c1-13(2)9-16-12(15-13)14(3)11(17-14)10-7-5-4-6-8-10/h4-8,11H,9H2,1-3H3/t11?,14-/m0/s1. The van der Waals surface area contributed by atoms with Gasteiger partial charge in [0.15, 0.2) is 5.60 Å². The van der Waals surface area contributed by atoms with E-state index >= 15 is 0 Å². The van der Waals surface area contributed by atoms with Gasteiger partial charge in [0.2, 0.25) is 5.90 Å². The van der Waals surface area contributed by atoms with Gasteiger partial charge in [-0.05, 0) is 26.3 Å². The maximum Gasteiger partial charge on any atom is 0.220 e. The van der Waals surface area contributed by atoms with E-state index in [-0.39, 0.29) is 17.2 Å². The first-order chi connectivity index (χ1) is 8.01. The van der Waals surface area contributed by atoms with E-state index in [1.807, 2.05) is 25.1 Å². The number of hydrogen-bond donors (Lipinski definition) is 0. The monoisotopic (exact) mass is 231 g/mol. The topological polar surface area (TPSA) is 34.1 Å². The highest BCUT2D eigenvalue weighted by atomic mass is 16.6. The molecule has 0 amide bonds. The molecule has 2 aliphatic rings. The lowest BCUT2D eigenvalue weighted by atomic mass is 10.0. The van der Waals surface area contributed by atoms with E-state index < -0.39 is 0 Å². The summed E-state index contributed by atoms with van der Waals surface area (Å²) in [5.74, 6) is 0.747. The first-order valence-electron chi connectivity index (χ1n) is 5.97. The second-order valence-corrected chi connectivity index (χ2v) is 5.53. The number of nitrogens with zero attached hydrogens (tertiary/aromatic N) is 1. The van der Waals surface area contributed by atoms with Gasteiger partial charge in [-0.25, -0.2) is 4.99 Å². The molecule has 1 saturated heterocycles. The summed E-state index contributed by atoms with van der Waals surface area (Å²) in [6.07, 6.45) is 0.0800. The molecule has 3 rings (SSSR count). The van der Waals surface area contributed by atoms with E-state index in [4.69, 9.17) is 9.47 Å². The van der Waals surface area contributed by atoms with Crippen LogP contribution in [0.25, 0.3) is 0 Å². The van der Waals surface area contributed by atoms with Gasteiger partial charge in [-0.1, -0.05) is 30.3 Å². The molecule has 17 heavy (non-hydrogen) atoms. The van der Waals surface area contributed by atoms with Crippen molar-refractivity contribution in [3.63, 3.8) is 0 Å². The van der Waals surface area contributed by atoms with Gasteiger partial charge < -0.3 is 9.47 Å². The molecule has 0 saturated carbocycles. The zero-order valence-electron chi connectivity index (χ0n) is 10.4. The van der Waals surface area contributed by atoms with Crippen molar-refractivity contribution in [2.75, 3.05) is 6.61 Å². The highest BCUT2D eigenvalue weighted by molar-refractivity contribution is 5.90. The van der Waals surface area contributed by atoms with Gasteiger partial charge in [0.05, 0.1) is 5.54 Å². The van der Waals surface area contributed by atoms with E-state index in [9.17, 15) is 0 Å². The second kappa shape index (κ2) is 3.33. The van der Waals surface area contributed by atoms with Crippen molar-refractivity contribution in [3.8, 4) is 0 Å². The van der Waals surface area contributed by atoms with Gasteiger partial charge in [0.25, 0.3) is 0 Å². The molecular formula is C14H17NO2. The molecule has 0 N–H and O–H groups in total. The van der Waals surface area contributed by atoms with Gasteiger partial charge in [-0.15, -0.1) is 0 Å². The van der Waals surface area contributed by atoms with E-state index in [2.05, 4.69) is 31.0 Å². The number of epoxide rings is 1. The summed E-state index contributed by atoms with van der Waals surface area (Å²) >= 11 is 0. The predicted octanol–water partition coefficient (Wildman–Crippen LogP) is 2.72. The number of aliphatic imine (C=N–C) groups is 1. The predicted molar refractivity (Wildman–Crippen MR) is 66.1 cm³/mol. The fourth-order valence-electron chi connectivity index (χ4n) is 2.23. The van der Waals surface area contributed by atoms with Crippen LogP contribution < -0.4 is 0 Å². The van der Waals surface area contributed by atoms with E-state index in [0.717, 1.165) is 5.90 Å². The molecule has 0 aliphatic carbocycles. The van der Waals surface area contributed by atoms with Gasteiger partial charge in [-0.3, -0.25) is 0 Å². The largest absolute Gasteiger partial charge is 0.476 e. The average Bonchev–Trinajstić information content (AvgIpc) is 2.86. The van der Waals surface area contributed by atoms with E-state index in [1.54, 1.807) is 0 Å². The van der Waals surface area contributed by atoms with Gasteiger partial charge in [0, 0.05) is 0 Å². The molecule has 1 unspecified atom stereocenters. The number of ether oxygens (including phenoxy) is 2. The van der Waals surface area contributed by atoms with Crippen LogP contribution in [0.15, 0.2) is 35.3 Å². The zero-order chi connectivity index (χ0) is 12.1. The average molecular weight is 231 g/mol. The fraction of sp³-hybridized carbons (Fsp3) is 0.500. The number of rotatable bonds is 2. The lowest BCUT2D eigenvalue weighted by molar-refractivity contribution is 0.251.